The van der Waals surface area contributed by atoms with Gasteiger partial charge in [-0.3, -0.25) is 9.58 Å². The fourth-order valence-electron chi connectivity index (χ4n) is 2.95. The highest BCUT2D eigenvalue weighted by atomic mass is 15.3. The van der Waals surface area contributed by atoms with Gasteiger partial charge in [0.25, 0.3) is 0 Å². The Morgan fingerprint density at radius 3 is 2.72 bits per heavy atom. The van der Waals surface area contributed by atoms with Crippen molar-refractivity contribution in [3.63, 3.8) is 0 Å². The van der Waals surface area contributed by atoms with Crippen LogP contribution in [0.1, 0.15) is 37.7 Å². The summed E-state index contributed by atoms with van der Waals surface area (Å²) in [5.41, 5.74) is 4.15. The lowest BCUT2D eigenvalue weighted by molar-refractivity contribution is 0.199. The van der Waals surface area contributed by atoms with Crippen molar-refractivity contribution >= 4 is 0 Å². The standard InChI is InChI=1S/C14H26N4/c1-5-13-12(14(6-2)17(4)16-13)10-18-8-7-15-11(3)9-18/h11,15H,5-10H2,1-4H3/t11-/m0/s1. The largest absolute Gasteiger partial charge is 0.312 e. The highest BCUT2D eigenvalue weighted by Gasteiger charge is 2.20. The van der Waals surface area contributed by atoms with Gasteiger partial charge in [0, 0.05) is 50.5 Å². The normalized spacial score (nSPS) is 21.4. The molecule has 1 aliphatic rings. The zero-order valence-electron chi connectivity index (χ0n) is 12.2. The van der Waals surface area contributed by atoms with E-state index in [0.717, 1.165) is 39.0 Å². The second-order valence-electron chi connectivity index (χ2n) is 5.29. The molecular weight excluding hydrogens is 224 g/mol. The summed E-state index contributed by atoms with van der Waals surface area (Å²) in [6.07, 6.45) is 2.10. The molecule has 0 aliphatic carbocycles. The van der Waals surface area contributed by atoms with E-state index < -0.39 is 0 Å². The van der Waals surface area contributed by atoms with Gasteiger partial charge in [-0.2, -0.15) is 5.10 Å². The third kappa shape index (κ3) is 2.75. The summed E-state index contributed by atoms with van der Waals surface area (Å²) < 4.78 is 2.07. The number of nitrogens with one attached hydrogen (secondary N) is 1. The van der Waals surface area contributed by atoms with Crippen LogP contribution < -0.4 is 5.32 Å². The lowest BCUT2D eigenvalue weighted by Crippen LogP contribution is -2.48. The van der Waals surface area contributed by atoms with E-state index in [-0.39, 0.29) is 0 Å². The maximum atomic E-state index is 4.66. The molecule has 1 N–H and O–H groups in total. The molecule has 1 aliphatic heterocycles. The molecular formula is C14H26N4. The Hall–Kier alpha value is -0.870. The van der Waals surface area contributed by atoms with Gasteiger partial charge in [0.1, 0.15) is 0 Å². The number of rotatable bonds is 4. The molecule has 0 radical (unpaired) electrons. The minimum atomic E-state index is 0.602. The van der Waals surface area contributed by atoms with Crippen LogP contribution in [0.15, 0.2) is 0 Å². The molecule has 4 heteroatoms. The van der Waals surface area contributed by atoms with Crippen LogP contribution in [0.5, 0.6) is 0 Å². The van der Waals surface area contributed by atoms with Crippen LogP contribution in [0.3, 0.4) is 0 Å². The molecule has 2 heterocycles. The van der Waals surface area contributed by atoms with Crippen molar-refractivity contribution in [2.24, 2.45) is 7.05 Å². The van der Waals surface area contributed by atoms with Gasteiger partial charge < -0.3 is 5.32 Å². The molecule has 2 rings (SSSR count). The maximum absolute atomic E-state index is 4.66. The molecule has 1 fully saturated rings. The summed E-state index contributed by atoms with van der Waals surface area (Å²) in [5, 5.41) is 8.16. The molecule has 18 heavy (non-hydrogen) atoms. The zero-order valence-corrected chi connectivity index (χ0v) is 12.2. The number of piperazine rings is 1. The molecule has 0 spiro atoms. The zero-order chi connectivity index (χ0) is 13.1. The van der Waals surface area contributed by atoms with Crippen LogP contribution >= 0.6 is 0 Å². The number of nitrogens with zero attached hydrogens (tertiary/aromatic N) is 3. The molecule has 0 saturated carbocycles. The van der Waals surface area contributed by atoms with E-state index in [2.05, 4.69) is 47.8 Å². The highest BCUT2D eigenvalue weighted by molar-refractivity contribution is 5.26. The van der Waals surface area contributed by atoms with E-state index >= 15 is 0 Å². The summed E-state index contributed by atoms with van der Waals surface area (Å²) in [6.45, 7) is 11.1. The fourth-order valence-corrected chi connectivity index (χ4v) is 2.95. The van der Waals surface area contributed by atoms with Crippen LogP contribution in [0.4, 0.5) is 0 Å². The quantitative estimate of drug-likeness (QED) is 0.875. The highest BCUT2D eigenvalue weighted by Crippen LogP contribution is 2.18. The Morgan fingerprint density at radius 1 is 1.33 bits per heavy atom. The van der Waals surface area contributed by atoms with Crippen molar-refractivity contribution in [1.29, 1.82) is 0 Å². The molecule has 1 saturated heterocycles. The lowest BCUT2D eigenvalue weighted by Gasteiger charge is -2.32. The minimum absolute atomic E-state index is 0.602. The second kappa shape index (κ2) is 5.85. The van der Waals surface area contributed by atoms with Crippen molar-refractivity contribution in [1.82, 2.24) is 20.0 Å². The number of hydrogen-bond acceptors (Lipinski definition) is 3. The summed E-state index contributed by atoms with van der Waals surface area (Å²) in [7, 11) is 2.07. The number of hydrogen-bond donors (Lipinski definition) is 1. The van der Waals surface area contributed by atoms with E-state index in [1.807, 2.05) is 0 Å². The van der Waals surface area contributed by atoms with Gasteiger partial charge in [-0.25, -0.2) is 0 Å². The average molecular weight is 250 g/mol. The predicted octanol–water partition coefficient (Wildman–Crippen LogP) is 1.34. The van der Waals surface area contributed by atoms with Crippen molar-refractivity contribution in [2.75, 3.05) is 19.6 Å². The summed E-state index contributed by atoms with van der Waals surface area (Å²) in [5.74, 6) is 0. The van der Waals surface area contributed by atoms with Crippen LogP contribution in [-0.2, 0) is 26.4 Å². The van der Waals surface area contributed by atoms with Crippen molar-refractivity contribution < 1.29 is 0 Å². The molecule has 1 aromatic rings. The Kier molecular flexibility index (Phi) is 4.40. The smallest absolute Gasteiger partial charge is 0.0669 e. The summed E-state index contributed by atoms with van der Waals surface area (Å²) in [4.78, 5) is 2.55. The predicted molar refractivity (Wildman–Crippen MR) is 74.7 cm³/mol. The molecule has 4 nitrogen and oxygen atoms in total. The van der Waals surface area contributed by atoms with E-state index in [1.54, 1.807) is 0 Å². The molecule has 0 aromatic carbocycles. The van der Waals surface area contributed by atoms with Gasteiger partial charge in [0.15, 0.2) is 0 Å². The van der Waals surface area contributed by atoms with Gasteiger partial charge >= 0.3 is 0 Å². The maximum Gasteiger partial charge on any atom is 0.0669 e. The lowest BCUT2D eigenvalue weighted by atomic mass is 10.1. The molecule has 0 bridgehead atoms. The van der Waals surface area contributed by atoms with E-state index in [4.69, 9.17) is 0 Å². The first kappa shape index (κ1) is 13.6. The topological polar surface area (TPSA) is 33.1 Å². The van der Waals surface area contributed by atoms with Gasteiger partial charge in [0.2, 0.25) is 0 Å². The van der Waals surface area contributed by atoms with Gasteiger partial charge in [-0.1, -0.05) is 13.8 Å². The van der Waals surface area contributed by atoms with E-state index in [9.17, 15) is 0 Å². The summed E-state index contributed by atoms with van der Waals surface area (Å²) in [6, 6.07) is 0.602. The number of aromatic nitrogens is 2. The Bertz CT molecular complexity index is 397. The number of aryl methyl sites for hydroxylation is 2. The van der Waals surface area contributed by atoms with Crippen molar-refractivity contribution in [2.45, 2.75) is 46.2 Å². The molecule has 0 amide bonds. The molecule has 1 aromatic heterocycles. The Labute approximate surface area is 110 Å². The molecule has 102 valence electrons. The minimum Gasteiger partial charge on any atom is -0.312 e. The Morgan fingerprint density at radius 2 is 2.11 bits per heavy atom. The Balaban J connectivity index is 2.16. The first-order chi connectivity index (χ1) is 8.65. The van der Waals surface area contributed by atoms with Gasteiger partial charge in [0.05, 0.1) is 5.69 Å². The SMILES string of the molecule is CCc1nn(C)c(CC)c1CN1CCN[C@@H](C)C1. The van der Waals surface area contributed by atoms with Crippen LogP contribution in [0.2, 0.25) is 0 Å². The third-order valence-corrected chi connectivity index (χ3v) is 3.86. The first-order valence-electron chi connectivity index (χ1n) is 7.15. The molecule has 1 atom stereocenters. The molecule has 0 unspecified atom stereocenters. The van der Waals surface area contributed by atoms with Crippen LogP contribution in [0.25, 0.3) is 0 Å². The van der Waals surface area contributed by atoms with Gasteiger partial charge in [-0.05, 0) is 19.8 Å². The third-order valence-electron chi connectivity index (χ3n) is 3.86. The monoisotopic (exact) mass is 250 g/mol. The van der Waals surface area contributed by atoms with Crippen molar-refractivity contribution in [3.05, 3.63) is 17.0 Å². The van der Waals surface area contributed by atoms with Gasteiger partial charge in [-0.15, -0.1) is 0 Å². The van der Waals surface area contributed by atoms with Crippen LogP contribution in [-0.4, -0.2) is 40.4 Å². The first-order valence-corrected chi connectivity index (χ1v) is 7.15. The second-order valence-corrected chi connectivity index (χ2v) is 5.29. The average Bonchev–Trinajstić information content (AvgIpc) is 2.65. The van der Waals surface area contributed by atoms with E-state index in [1.165, 1.54) is 17.0 Å². The van der Waals surface area contributed by atoms with E-state index in [0.29, 0.717) is 6.04 Å². The van der Waals surface area contributed by atoms with Crippen molar-refractivity contribution in [3.8, 4) is 0 Å². The summed E-state index contributed by atoms with van der Waals surface area (Å²) >= 11 is 0. The van der Waals surface area contributed by atoms with Crippen LogP contribution in [0, 0.1) is 0 Å². The fraction of sp³-hybridized carbons (Fsp3) is 0.786.